The molecule has 1 unspecified atom stereocenters. The van der Waals surface area contributed by atoms with Crippen LogP contribution in [0, 0.1) is 0 Å². The van der Waals surface area contributed by atoms with Crippen LogP contribution in [0.5, 0.6) is 0 Å². The number of nitrogens with zero attached hydrogens (tertiary/aromatic N) is 3. The topological polar surface area (TPSA) is 45.2 Å². The third-order valence-corrected chi connectivity index (χ3v) is 6.70. The second-order valence-electron chi connectivity index (χ2n) is 8.56. The molecule has 5 rings (SSSR count). The number of ether oxygens (including phenoxy) is 2. The van der Waals surface area contributed by atoms with Gasteiger partial charge in [-0.2, -0.15) is 0 Å². The Morgan fingerprint density at radius 1 is 0.968 bits per heavy atom. The van der Waals surface area contributed by atoms with Gasteiger partial charge in [-0.05, 0) is 29.2 Å². The van der Waals surface area contributed by atoms with E-state index >= 15 is 0 Å². The average molecular weight is 422 g/mol. The summed E-state index contributed by atoms with van der Waals surface area (Å²) in [6.07, 6.45) is 0.992. The quantitative estimate of drug-likeness (QED) is 0.694. The van der Waals surface area contributed by atoms with E-state index in [4.69, 9.17) is 9.47 Å². The van der Waals surface area contributed by atoms with E-state index < -0.39 is 0 Å². The van der Waals surface area contributed by atoms with Gasteiger partial charge in [-0.3, -0.25) is 9.69 Å². The predicted molar refractivity (Wildman–Crippen MR) is 120 cm³/mol. The lowest BCUT2D eigenvalue weighted by atomic mass is 9.96. The first-order chi connectivity index (χ1) is 15.3. The highest BCUT2D eigenvalue weighted by atomic mass is 16.5. The maximum atomic E-state index is 12.3. The zero-order valence-electron chi connectivity index (χ0n) is 18.0. The summed E-state index contributed by atoms with van der Waals surface area (Å²) >= 11 is 0. The van der Waals surface area contributed by atoms with Gasteiger partial charge < -0.3 is 19.3 Å². The van der Waals surface area contributed by atoms with Gasteiger partial charge in [-0.1, -0.05) is 42.5 Å². The highest BCUT2D eigenvalue weighted by Crippen LogP contribution is 2.38. The van der Waals surface area contributed by atoms with E-state index in [1.165, 1.54) is 22.4 Å². The van der Waals surface area contributed by atoms with E-state index in [0.717, 1.165) is 32.6 Å². The van der Waals surface area contributed by atoms with Crippen LogP contribution in [-0.4, -0.2) is 81.4 Å². The zero-order chi connectivity index (χ0) is 21.0. The van der Waals surface area contributed by atoms with E-state index in [1.807, 2.05) is 4.90 Å². The van der Waals surface area contributed by atoms with Crippen LogP contribution in [0.1, 0.15) is 22.7 Å². The summed E-state index contributed by atoms with van der Waals surface area (Å²) in [6.45, 7) is 7.19. The standard InChI is InChI=1S/C25H31N3O3/c29-25(27-12-15-30-16-13-27)19-31-14-11-26-9-10-28-23-8-4-2-6-21(23)17-20-5-1-3-7-22(20)24(28)18-26/h1-8,24H,9-19H2. The molecule has 1 amide bonds. The van der Waals surface area contributed by atoms with Gasteiger partial charge in [0.25, 0.3) is 0 Å². The van der Waals surface area contributed by atoms with Crippen LogP contribution in [-0.2, 0) is 20.7 Å². The summed E-state index contributed by atoms with van der Waals surface area (Å²) in [4.78, 5) is 19.2. The van der Waals surface area contributed by atoms with Crippen molar-refractivity contribution in [2.24, 2.45) is 0 Å². The zero-order valence-corrected chi connectivity index (χ0v) is 18.0. The molecule has 6 nitrogen and oxygen atoms in total. The van der Waals surface area contributed by atoms with Crippen molar-refractivity contribution in [3.05, 3.63) is 65.2 Å². The molecular weight excluding hydrogens is 390 g/mol. The molecule has 3 aliphatic heterocycles. The van der Waals surface area contributed by atoms with Crippen LogP contribution in [0.2, 0.25) is 0 Å². The number of carbonyl (C=O) groups is 1. The molecule has 2 saturated heterocycles. The van der Waals surface area contributed by atoms with Gasteiger partial charge in [-0.25, -0.2) is 0 Å². The van der Waals surface area contributed by atoms with Crippen molar-refractivity contribution in [1.29, 1.82) is 0 Å². The number of para-hydroxylation sites is 1. The number of morpholine rings is 1. The molecule has 2 fully saturated rings. The van der Waals surface area contributed by atoms with Gasteiger partial charge in [0, 0.05) is 45.0 Å². The van der Waals surface area contributed by atoms with Gasteiger partial charge in [0.2, 0.25) is 5.91 Å². The summed E-state index contributed by atoms with van der Waals surface area (Å²) in [5, 5.41) is 0. The van der Waals surface area contributed by atoms with E-state index in [9.17, 15) is 4.79 Å². The Balaban J connectivity index is 1.21. The number of piperazine rings is 1. The van der Waals surface area contributed by atoms with Gasteiger partial charge in [0.15, 0.2) is 0 Å². The van der Waals surface area contributed by atoms with Gasteiger partial charge >= 0.3 is 0 Å². The Hall–Kier alpha value is -2.41. The molecule has 1 atom stereocenters. The fraction of sp³-hybridized carbons (Fsp3) is 0.480. The largest absolute Gasteiger partial charge is 0.378 e. The number of hydrogen-bond donors (Lipinski definition) is 0. The maximum Gasteiger partial charge on any atom is 0.248 e. The lowest BCUT2D eigenvalue weighted by Gasteiger charge is -2.43. The van der Waals surface area contributed by atoms with Crippen molar-refractivity contribution in [2.45, 2.75) is 12.5 Å². The van der Waals surface area contributed by atoms with Crippen LogP contribution in [0.3, 0.4) is 0 Å². The number of fused-ring (bicyclic) bond motifs is 5. The molecule has 6 heteroatoms. The summed E-state index contributed by atoms with van der Waals surface area (Å²) in [5.41, 5.74) is 5.65. The minimum Gasteiger partial charge on any atom is -0.378 e. The van der Waals surface area contributed by atoms with Crippen LogP contribution in [0.25, 0.3) is 0 Å². The van der Waals surface area contributed by atoms with Gasteiger partial charge in [-0.15, -0.1) is 0 Å². The molecule has 164 valence electrons. The molecule has 3 aliphatic rings. The molecule has 0 aliphatic carbocycles. The Bertz CT molecular complexity index is 912. The highest BCUT2D eigenvalue weighted by molar-refractivity contribution is 5.77. The molecular formula is C25H31N3O3. The van der Waals surface area contributed by atoms with E-state index in [0.29, 0.717) is 39.0 Å². The van der Waals surface area contributed by atoms with Crippen molar-refractivity contribution in [2.75, 3.05) is 70.6 Å². The summed E-state index contributed by atoms with van der Waals surface area (Å²) < 4.78 is 11.1. The Morgan fingerprint density at radius 3 is 2.61 bits per heavy atom. The third-order valence-electron chi connectivity index (χ3n) is 6.70. The van der Waals surface area contributed by atoms with Crippen molar-refractivity contribution >= 4 is 11.6 Å². The molecule has 2 aromatic carbocycles. The van der Waals surface area contributed by atoms with Crippen molar-refractivity contribution in [1.82, 2.24) is 9.80 Å². The van der Waals surface area contributed by atoms with Crippen molar-refractivity contribution in [3.63, 3.8) is 0 Å². The number of amides is 1. The minimum absolute atomic E-state index is 0.0717. The number of rotatable bonds is 5. The molecule has 0 radical (unpaired) electrons. The van der Waals surface area contributed by atoms with Crippen LogP contribution < -0.4 is 4.90 Å². The average Bonchev–Trinajstić information content (AvgIpc) is 2.96. The SMILES string of the molecule is O=C(COCCN1CCN2c3ccccc3Cc3ccccc3C2C1)N1CCOCC1. The Labute approximate surface area is 184 Å². The predicted octanol–water partition coefficient (Wildman–Crippen LogP) is 2.33. The number of hydrogen-bond acceptors (Lipinski definition) is 5. The van der Waals surface area contributed by atoms with E-state index in [1.54, 1.807) is 0 Å². The third kappa shape index (κ3) is 4.47. The summed E-state index contributed by atoms with van der Waals surface area (Å²) in [6, 6.07) is 18.1. The number of benzene rings is 2. The van der Waals surface area contributed by atoms with Gasteiger partial charge in [0.05, 0.1) is 25.9 Å². The lowest BCUT2D eigenvalue weighted by Crippen LogP contribution is -2.49. The molecule has 0 saturated carbocycles. The summed E-state index contributed by atoms with van der Waals surface area (Å²) in [5.74, 6) is 0.0717. The maximum absolute atomic E-state index is 12.3. The smallest absolute Gasteiger partial charge is 0.248 e. The van der Waals surface area contributed by atoms with Crippen molar-refractivity contribution < 1.29 is 14.3 Å². The molecule has 0 N–H and O–H groups in total. The van der Waals surface area contributed by atoms with Gasteiger partial charge in [0.1, 0.15) is 6.61 Å². The lowest BCUT2D eigenvalue weighted by molar-refractivity contribution is -0.140. The Kier molecular flexibility index (Phi) is 6.20. The first-order valence-corrected chi connectivity index (χ1v) is 11.4. The molecule has 31 heavy (non-hydrogen) atoms. The Morgan fingerprint density at radius 2 is 1.74 bits per heavy atom. The minimum atomic E-state index is 0.0717. The number of carbonyl (C=O) groups excluding carboxylic acids is 1. The fourth-order valence-corrected chi connectivity index (χ4v) is 5.02. The molecule has 3 heterocycles. The number of anilines is 1. The van der Waals surface area contributed by atoms with Crippen LogP contribution in [0.15, 0.2) is 48.5 Å². The van der Waals surface area contributed by atoms with Crippen molar-refractivity contribution in [3.8, 4) is 0 Å². The van der Waals surface area contributed by atoms with E-state index in [-0.39, 0.29) is 12.5 Å². The fourth-order valence-electron chi connectivity index (χ4n) is 5.02. The molecule has 0 aromatic heterocycles. The second kappa shape index (κ2) is 9.39. The highest BCUT2D eigenvalue weighted by Gasteiger charge is 2.33. The monoisotopic (exact) mass is 421 g/mol. The normalized spacial score (nSPS) is 21.1. The van der Waals surface area contributed by atoms with Crippen LogP contribution in [0.4, 0.5) is 5.69 Å². The summed E-state index contributed by atoms with van der Waals surface area (Å²) in [7, 11) is 0. The second-order valence-corrected chi connectivity index (χ2v) is 8.56. The molecule has 0 bridgehead atoms. The first-order valence-electron chi connectivity index (χ1n) is 11.4. The first kappa shape index (κ1) is 20.5. The van der Waals surface area contributed by atoms with Crippen LogP contribution >= 0.6 is 0 Å². The van der Waals surface area contributed by atoms with E-state index in [2.05, 4.69) is 58.3 Å². The molecule has 2 aromatic rings. The molecule has 0 spiro atoms.